The van der Waals surface area contributed by atoms with Crippen molar-refractivity contribution in [1.29, 1.82) is 0 Å². The van der Waals surface area contributed by atoms with E-state index in [1.807, 2.05) is 12.1 Å². The van der Waals surface area contributed by atoms with E-state index < -0.39 is 0 Å². The Hall–Kier alpha value is -2.63. The Kier molecular flexibility index (Phi) is 4.03. The average Bonchev–Trinajstić information content (AvgIpc) is 3.24. The largest absolute Gasteiger partial charge is 0.490 e. The molecule has 1 aliphatic carbocycles. The van der Waals surface area contributed by atoms with E-state index in [-0.39, 0.29) is 11.5 Å². The van der Waals surface area contributed by atoms with Gasteiger partial charge in [0.2, 0.25) is 0 Å². The van der Waals surface area contributed by atoms with Crippen LogP contribution in [-0.4, -0.2) is 26.9 Å². The third kappa shape index (κ3) is 3.16. The summed E-state index contributed by atoms with van der Waals surface area (Å²) in [7, 11) is 0. The average molecular weight is 339 g/mol. The molecular formula is C19H21N3O3. The van der Waals surface area contributed by atoms with Crippen LogP contribution in [0, 0.1) is 6.92 Å². The minimum atomic E-state index is -0.155. The summed E-state index contributed by atoms with van der Waals surface area (Å²) in [6.07, 6.45) is 4.96. The number of aromatic nitrogens is 2. The summed E-state index contributed by atoms with van der Waals surface area (Å²) in [4.78, 5) is 33.4. The molecule has 1 N–H and O–H groups in total. The van der Waals surface area contributed by atoms with Crippen LogP contribution in [0.25, 0.3) is 0 Å². The molecule has 2 aromatic rings. The number of H-pyrrole nitrogens is 1. The summed E-state index contributed by atoms with van der Waals surface area (Å²) < 4.78 is 5.93. The van der Waals surface area contributed by atoms with E-state index in [1.165, 1.54) is 12.8 Å². The van der Waals surface area contributed by atoms with Gasteiger partial charge in [0.25, 0.3) is 11.5 Å². The van der Waals surface area contributed by atoms with Crippen molar-refractivity contribution in [2.45, 2.75) is 51.8 Å². The minimum Gasteiger partial charge on any atom is -0.490 e. The molecule has 0 spiro atoms. The minimum absolute atomic E-state index is 0.0949. The number of fused-ring (bicyclic) bond motifs is 1. The SMILES string of the molecule is Cc1nc2c(c(=O)[nH]1)CN(C(=O)c1ccc(OC3CCCC3)cc1)C2. The van der Waals surface area contributed by atoms with Gasteiger partial charge in [-0.1, -0.05) is 0 Å². The molecule has 0 radical (unpaired) electrons. The second-order valence-corrected chi connectivity index (χ2v) is 6.79. The van der Waals surface area contributed by atoms with Gasteiger partial charge in [0.05, 0.1) is 30.5 Å². The number of aromatic amines is 1. The molecule has 4 rings (SSSR count). The number of amides is 1. The molecule has 1 fully saturated rings. The summed E-state index contributed by atoms with van der Waals surface area (Å²) in [5, 5.41) is 0. The van der Waals surface area contributed by atoms with Gasteiger partial charge >= 0.3 is 0 Å². The van der Waals surface area contributed by atoms with Crippen LogP contribution in [0.1, 0.15) is 53.1 Å². The fraction of sp³-hybridized carbons (Fsp3) is 0.421. The molecule has 2 aliphatic rings. The van der Waals surface area contributed by atoms with Gasteiger partial charge < -0.3 is 14.6 Å². The molecule has 1 amide bonds. The van der Waals surface area contributed by atoms with E-state index >= 15 is 0 Å². The lowest BCUT2D eigenvalue weighted by atomic mass is 10.2. The zero-order valence-electron chi connectivity index (χ0n) is 14.2. The van der Waals surface area contributed by atoms with Crippen molar-refractivity contribution in [3.63, 3.8) is 0 Å². The number of carbonyl (C=O) groups is 1. The van der Waals surface area contributed by atoms with E-state index in [4.69, 9.17) is 4.74 Å². The van der Waals surface area contributed by atoms with Crippen molar-refractivity contribution in [2.75, 3.05) is 0 Å². The van der Waals surface area contributed by atoms with E-state index in [0.717, 1.165) is 18.6 Å². The van der Waals surface area contributed by atoms with Crippen LogP contribution >= 0.6 is 0 Å². The maximum atomic E-state index is 12.7. The highest BCUT2D eigenvalue weighted by Gasteiger charge is 2.28. The van der Waals surface area contributed by atoms with Gasteiger partial charge in [-0.2, -0.15) is 0 Å². The molecule has 0 atom stereocenters. The van der Waals surface area contributed by atoms with Crippen molar-refractivity contribution >= 4 is 5.91 Å². The fourth-order valence-electron chi connectivity index (χ4n) is 3.59. The van der Waals surface area contributed by atoms with Crippen LogP contribution in [0.2, 0.25) is 0 Å². The zero-order valence-corrected chi connectivity index (χ0v) is 14.2. The van der Waals surface area contributed by atoms with Crippen LogP contribution in [0.15, 0.2) is 29.1 Å². The Morgan fingerprint density at radius 1 is 1.20 bits per heavy atom. The monoisotopic (exact) mass is 339 g/mol. The number of nitrogens with one attached hydrogen (secondary N) is 1. The van der Waals surface area contributed by atoms with Gasteiger partial charge in [-0.15, -0.1) is 0 Å². The number of carbonyl (C=O) groups excluding carboxylic acids is 1. The molecule has 0 bridgehead atoms. The van der Waals surface area contributed by atoms with Crippen molar-refractivity contribution in [2.24, 2.45) is 0 Å². The summed E-state index contributed by atoms with van der Waals surface area (Å²) >= 11 is 0. The highest BCUT2D eigenvalue weighted by Crippen LogP contribution is 2.25. The first kappa shape index (κ1) is 15.9. The summed E-state index contributed by atoms with van der Waals surface area (Å²) in [6, 6.07) is 7.28. The Labute approximate surface area is 145 Å². The first-order valence-electron chi connectivity index (χ1n) is 8.75. The van der Waals surface area contributed by atoms with Crippen molar-refractivity contribution < 1.29 is 9.53 Å². The van der Waals surface area contributed by atoms with E-state index in [0.29, 0.717) is 41.8 Å². The zero-order chi connectivity index (χ0) is 17.4. The predicted octanol–water partition coefficient (Wildman–Crippen LogP) is 2.56. The molecule has 2 heterocycles. The van der Waals surface area contributed by atoms with Gasteiger partial charge in [0.15, 0.2) is 0 Å². The third-order valence-corrected chi connectivity index (χ3v) is 4.90. The van der Waals surface area contributed by atoms with E-state index in [1.54, 1.807) is 24.0 Å². The standard InChI is InChI=1S/C19H21N3O3/c1-12-20-17-11-22(10-16(17)18(23)21-12)19(24)13-6-8-15(9-7-13)25-14-4-2-3-5-14/h6-9,14H,2-5,10-11H2,1H3,(H,20,21,23). The summed E-state index contributed by atoms with van der Waals surface area (Å²) in [5.74, 6) is 1.29. The van der Waals surface area contributed by atoms with Crippen molar-refractivity contribution in [1.82, 2.24) is 14.9 Å². The van der Waals surface area contributed by atoms with Crippen LogP contribution < -0.4 is 10.3 Å². The second kappa shape index (κ2) is 6.35. The number of benzene rings is 1. The molecule has 25 heavy (non-hydrogen) atoms. The molecule has 1 aromatic carbocycles. The van der Waals surface area contributed by atoms with Gasteiger partial charge in [-0.25, -0.2) is 4.98 Å². The molecule has 1 aliphatic heterocycles. The molecule has 6 heteroatoms. The summed E-state index contributed by atoms with van der Waals surface area (Å²) in [6.45, 7) is 2.42. The Balaban J connectivity index is 1.46. The van der Waals surface area contributed by atoms with Crippen LogP contribution in [0.3, 0.4) is 0 Å². The number of hydrogen-bond acceptors (Lipinski definition) is 4. The molecule has 0 saturated heterocycles. The topological polar surface area (TPSA) is 75.3 Å². The Morgan fingerprint density at radius 2 is 1.92 bits per heavy atom. The highest BCUT2D eigenvalue weighted by atomic mass is 16.5. The van der Waals surface area contributed by atoms with E-state index in [9.17, 15) is 9.59 Å². The lowest BCUT2D eigenvalue weighted by Crippen LogP contribution is -2.26. The maximum absolute atomic E-state index is 12.7. The number of aryl methyl sites for hydroxylation is 1. The predicted molar refractivity (Wildman–Crippen MR) is 92.5 cm³/mol. The highest BCUT2D eigenvalue weighted by molar-refractivity contribution is 5.94. The normalized spacial score (nSPS) is 16.9. The maximum Gasteiger partial charge on any atom is 0.256 e. The molecule has 0 unspecified atom stereocenters. The van der Waals surface area contributed by atoms with Gasteiger partial charge in [0, 0.05) is 5.56 Å². The molecule has 1 saturated carbocycles. The van der Waals surface area contributed by atoms with Crippen LogP contribution in [-0.2, 0) is 13.1 Å². The number of hydrogen-bond donors (Lipinski definition) is 1. The van der Waals surface area contributed by atoms with Gasteiger partial charge in [-0.05, 0) is 56.9 Å². The van der Waals surface area contributed by atoms with E-state index in [2.05, 4.69) is 9.97 Å². The lowest BCUT2D eigenvalue weighted by molar-refractivity contribution is 0.0750. The first-order chi connectivity index (χ1) is 12.1. The molecule has 130 valence electrons. The van der Waals surface area contributed by atoms with Gasteiger partial charge in [0.1, 0.15) is 11.6 Å². The van der Waals surface area contributed by atoms with Crippen molar-refractivity contribution in [3.05, 3.63) is 57.3 Å². The first-order valence-corrected chi connectivity index (χ1v) is 8.75. The second-order valence-electron chi connectivity index (χ2n) is 6.79. The quantitative estimate of drug-likeness (QED) is 0.932. The number of nitrogens with zero attached hydrogens (tertiary/aromatic N) is 2. The number of ether oxygens (including phenoxy) is 1. The molecule has 6 nitrogen and oxygen atoms in total. The molecular weight excluding hydrogens is 318 g/mol. The van der Waals surface area contributed by atoms with Gasteiger partial charge in [-0.3, -0.25) is 9.59 Å². The molecule has 1 aromatic heterocycles. The Bertz CT molecular complexity index is 851. The summed E-state index contributed by atoms with van der Waals surface area (Å²) in [5.41, 5.74) is 1.72. The lowest BCUT2D eigenvalue weighted by Gasteiger charge is -2.16. The number of rotatable bonds is 3. The fourth-order valence-corrected chi connectivity index (χ4v) is 3.59. The van der Waals surface area contributed by atoms with Crippen LogP contribution in [0.5, 0.6) is 5.75 Å². The third-order valence-electron chi connectivity index (χ3n) is 4.90. The Morgan fingerprint density at radius 3 is 2.64 bits per heavy atom. The smallest absolute Gasteiger partial charge is 0.256 e. The van der Waals surface area contributed by atoms with Crippen molar-refractivity contribution in [3.8, 4) is 5.75 Å². The van der Waals surface area contributed by atoms with Crippen LogP contribution in [0.4, 0.5) is 0 Å².